The van der Waals surface area contributed by atoms with E-state index in [1.807, 2.05) is 18.2 Å². The van der Waals surface area contributed by atoms with Gasteiger partial charge in [-0.2, -0.15) is 5.26 Å². The van der Waals surface area contributed by atoms with Gasteiger partial charge in [-0.25, -0.2) is 4.79 Å². The lowest BCUT2D eigenvalue weighted by atomic mass is 9.96. The van der Waals surface area contributed by atoms with Gasteiger partial charge < -0.3 is 9.15 Å². The fourth-order valence-electron chi connectivity index (χ4n) is 2.34. The number of furan rings is 1. The van der Waals surface area contributed by atoms with E-state index in [9.17, 15) is 10.1 Å². The van der Waals surface area contributed by atoms with Crippen molar-refractivity contribution < 1.29 is 13.9 Å². The predicted molar refractivity (Wildman–Crippen MR) is 77.7 cm³/mol. The summed E-state index contributed by atoms with van der Waals surface area (Å²) in [4.78, 5) is 11.6. The molecule has 1 aromatic heterocycles. The van der Waals surface area contributed by atoms with Crippen LogP contribution in [0.5, 0.6) is 0 Å². The van der Waals surface area contributed by atoms with Gasteiger partial charge in [0.15, 0.2) is 0 Å². The molecule has 21 heavy (non-hydrogen) atoms. The lowest BCUT2D eigenvalue weighted by molar-refractivity contribution is 0.0601. The molecule has 0 aliphatic rings. The van der Waals surface area contributed by atoms with Crippen molar-refractivity contribution in [2.45, 2.75) is 0 Å². The average Bonchev–Trinajstić information content (AvgIpc) is 3.06. The maximum atomic E-state index is 11.6. The molecule has 0 spiro atoms. The van der Waals surface area contributed by atoms with Gasteiger partial charge >= 0.3 is 5.97 Å². The number of esters is 1. The fraction of sp³-hybridized carbons (Fsp3) is 0.0588. The minimum absolute atomic E-state index is 0.399. The third-order valence-electron chi connectivity index (χ3n) is 3.33. The number of fused-ring (bicyclic) bond motifs is 1. The molecule has 0 N–H and O–H groups in total. The van der Waals surface area contributed by atoms with Crippen molar-refractivity contribution in [3.05, 3.63) is 60.1 Å². The van der Waals surface area contributed by atoms with E-state index in [4.69, 9.17) is 9.15 Å². The lowest BCUT2D eigenvalue weighted by Gasteiger charge is -2.07. The second kappa shape index (κ2) is 5.14. The van der Waals surface area contributed by atoms with Gasteiger partial charge in [0.05, 0.1) is 36.8 Å². The van der Waals surface area contributed by atoms with Crippen LogP contribution in [0.4, 0.5) is 0 Å². The number of hydrogen-bond acceptors (Lipinski definition) is 4. The van der Waals surface area contributed by atoms with Crippen LogP contribution in [0.25, 0.3) is 21.9 Å². The molecule has 2 aromatic carbocycles. The molecule has 0 atom stereocenters. The zero-order valence-corrected chi connectivity index (χ0v) is 11.3. The number of rotatable bonds is 2. The van der Waals surface area contributed by atoms with Gasteiger partial charge in [0.1, 0.15) is 0 Å². The van der Waals surface area contributed by atoms with Crippen LogP contribution >= 0.6 is 0 Å². The SMILES string of the molecule is COC(=O)c1ccc2c(-c3ccoc3)cc(C#N)cc2c1. The van der Waals surface area contributed by atoms with Crippen molar-refractivity contribution in [2.75, 3.05) is 7.11 Å². The summed E-state index contributed by atoms with van der Waals surface area (Å²) in [7, 11) is 1.34. The van der Waals surface area contributed by atoms with Crippen LogP contribution in [-0.4, -0.2) is 13.1 Å². The highest BCUT2D eigenvalue weighted by Gasteiger charge is 2.11. The number of carbonyl (C=O) groups is 1. The molecular formula is C17H11NO3. The van der Waals surface area contributed by atoms with E-state index in [2.05, 4.69) is 6.07 Å². The van der Waals surface area contributed by atoms with Gasteiger partial charge in [-0.05, 0) is 46.7 Å². The van der Waals surface area contributed by atoms with Crippen molar-refractivity contribution in [1.82, 2.24) is 0 Å². The topological polar surface area (TPSA) is 63.2 Å². The van der Waals surface area contributed by atoms with Gasteiger partial charge in [0.25, 0.3) is 0 Å². The quantitative estimate of drug-likeness (QED) is 0.669. The van der Waals surface area contributed by atoms with Gasteiger partial charge in [-0.1, -0.05) is 6.07 Å². The first-order chi connectivity index (χ1) is 10.2. The minimum atomic E-state index is -0.399. The molecule has 3 rings (SSSR count). The molecule has 0 saturated carbocycles. The van der Waals surface area contributed by atoms with E-state index < -0.39 is 5.97 Å². The van der Waals surface area contributed by atoms with Gasteiger partial charge in [-0.3, -0.25) is 0 Å². The monoisotopic (exact) mass is 277 g/mol. The molecule has 0 saturated heterocycles. The van der Waals surface area contributed by atoms with Crippen LogP contribution in [0.2, 0.25) is 0 Å². The molecule has 0 bridgehead atoms. The molecule has 4 heteroatoms. The molecular weight excluding hydrogens is 266 g/mol. The highest BCUT2D eigenvalue weighted by Crippen LogP contribution is 2.31. The highest BCUT2D eigenvalue weighted by molar-refractivity contribution is 6.01. The number of nitrogens with zero attached hydrogens (tertiary/aromatic N) is 1. The first-order valence-electron chi connectivity index (χ1n) is 6.31. The third kappa shape index (κ3) is 2.26. The number of methoxy groups -OCH3 is 1. The highest BCUT2D eigenvalue weighted by atomic mass is 16.5. The molecule has 0 aliphatic carbocycles. The summed E-state index contributed by atoms with van der Waals surface area (Å²) in [6, 6.07) is 12.8. The maximum Gasteiger partial charge on any atom is 0.337 e. The van der Waals surface area contributed by atoms with E-state index in [1.54, 1.807) is 30.7 Å². The summed E-state index contributed by atoms with van der Waals surface area (Å²) >= 11 is 0. The third-order valence-corrected chi connectivity index (χ3v) is 3.33. The number of ether oxygens (including phenoxy) is 1. The zero-order valence-electron chi connectivity index (χ0n) is 11.3. The van der Waals surface area contributed by atoms with E-state index in [1.165, 1.54) is 7.11 Å². The second-order valence-electron chi connectivity index (χ2n) is 4.58. The van der Waals surface area contributed by atoms with Gasteiger partial charge in [0.2, 0.25) is 0 Å². The molecule has 0 fully saturated rings. The Morgan fingerprint density at radius 2 is 2.10 bits per heavy atom. The van der Waals surface area contributed by atoms with Gasteiger partial charge in [-0.15, -0.1) is 0 Å². The Labute approximate surface area is 121 Å². The molecule has 3 aromatic rings. The Kier molecular flexibility index (Phi) is 3.17. The number of carbonyl (C=O) groups excluding carboxylic acids is 1. The Morgan fingerprint density at radius 3 is 2.76 bits per heavy atom. The molecule has 1 heterocycles. The fourth-order valence-corrected chi connectivity index (χ4v) is 2.34. The number of hydrogen-bond donors (Lipinski definition) is 0. The largest absolute Gasteiger partial charge is 0.472 e. The standard InChI is InChI=1S/C17H11NO3/c1-20-17(19)12-2-3-15-14(8-12)6-11(9-18)7-16(15)13-4-5-21-10-13/h2-8,10H,1H3. The minimum Gasteiger partial charge on any atom is -0.472 e. The van der Waals surface area contributed by atoms with Crippen molar-refractivity contribution >= 4 is 16.7 Å². The lowest BCUT2D eigenvalue weighted by Crippen LogP contribution is -2.00. The van der Waals surface area contributed by atoms with E-state index in [0.717, 1.165) is 21.9 Å². The first kappa shape index (κ1) is 12.9. The summed E-state index contributed by atoms with van der Waals surface area (Å²) in [6.07, 6.45) is 3.22. The number of benzene rings is 2. The Bertz CT molecular complexity index is 858. The molecule has 0 radical (unpaired) electrons. The summed E-state index contributed by atoms with van der Waals surface area (Å²) < 4.78 is 9.84. The van der Waals surface area contributed by atoms with E-state index in [-0.39, 0.29) is 0 Å². The Hall–Kier alpha value is -3.06. The van der Waals surface area contributed by atoms with Crippen LogP contribution in [-0.2, 0) is 4.74 Å². The Balaban J connectivity index is 2.29. The van der Waals surface area contributed by atoms with Crippen molar-refractivity contribution in [3.63, 3.8) is 0 Å². The normalized spacial score (nSPS) is 10.3. The molecule has 0 amide bonds. The predicted octanol–water partition coefficient (Wildman–Crippen LogP) is 3.76. The van der Waals surface area contributed by atoms with Crippen LogP contribution in [0.15, 0.2) is 53.3 Å². The number of nitriles is 1. The smallest absolute Gasteiger partial charge is 0.337 e. The van der Waals surface area contributed by atoms with Crippen LogP contribution in [0.1, 0.15) is 15.9 Å². The van der Waals surface area contributed by atoms with Crippen LogP contribution < -0.4 is 0 Å². The van der Waals surface area contributed by atoms with E-state index in [0.29, 0.717) is 11.1 Å². The average molecular weight is 277 g/mol. The maximum absolute atomic E-state index is 11.6. The summed E-state index contributed by atoms with van der Waals surface area (Å²) in [5.41, 5.74) is 2.77. The molecule has 0 unspecified atom stereocenters. The second-order valence-corrected chi connectivity index (χ2v) is 4.58. The molecule has 0 aliphatic heterocycles. The van der Waals surface area contributed by atoms with Crippen LogP contribution in [0, 0.1) is 11.3 Å². The Morgan fingerprint density at radius 1 is 1.24 bits per heavy atom. The van der Waals surface area contributed by atoms with Crippen LogP contribution in [0.3, 0.4) is 0 Å². The van der Waals surface area contributed by atoms with Crippen molar-refractivity contribution in [2.24, 2.45) is 0 Å². The summed E-state index contributed by atoms with van der Waals surface area (Å²) in [5, 5.41) is 10.9. The first-order valence-corrected chi connectivity index (χ1v) is 6.31. The summed E-state index contributed by atoms with van der Waals surface area (Å²) in [6.45, 7) is 0. The summed E-state index contributed by atoms with van der Waals surface area (Å²) in [5.74, 6) is -0.399. The molecule has 102 valence electrons. The van der Waals surface area contributed by atoms with E-state index >= 15 is 0 Å². The van der Waals surface area contributed by atoms with Gasteiger partial charge in [0, 0.05) is 5.56 Å². The van der Waals surface area contributed by atoms with Crippen molar-refractivity contribution in [3.8, 4) is 17.2 Å². The molecule has 4 nitrogen and oxygen atoms in total. The van der Waals surface area contributed by atoms with Crippen molar-refractivity contribution in [1.29, 1.82) is 5.26 Å². The zero-order chi connectivity index (χ0) is 14.8.